The third-order valence-corrected chi connectivity index (χ3v) is 4.01. The first kappa shape index (κ1) is 16.2. The van der Waals surface area contributed by atoms with Crippen molar-refractivity contribution < 1.29 is 4.74 Å². The molecule has 124 valence electrons. The van der Waals surface area contributed by atoms with Gasteiger partial charge in [0.25, 0.3) is 0 Å². The maximum Gasteiger partial charge on any atom is 0.142 e. The van der Waals surface area contributed by atoms with Crippen LogP contribution in [0.15, 0.2) is 24.5 Å². The Balaban J connectivity index is 0.000000203. The second kappa shape index (κ2) is 7.25. The van der Waals surface area contributed by atoms with Crippen LogP contribution < -0.4 is 10.1 Å². The predicted octanol–water partition coefficient (Wildman–Crippen LogP) is 1.51. The van der Waals surface area contributed by atoms with Crippen molar-refractivity contribution in [2.45, 2.75) is 0 Å². The van der Waals surface area contributed by atoms with Gasteiger partial charge in [-0.1, -0.05) is 0 Å². The lowest BCUT2D eigenvalue weighted by Gasteiger charge is -2.21. The summed E-state index contributed by atoms with van der Waals surface area (Å²) in [7, 11) is 3.76. The number of piperazine rings is 1. The van der Waals surface area contributed by atoms with Crippen LogP contribution >= 0.6 is 0 Å². The molecule has 1 saturated heterocycles. The molecule has 24 heavy (non-hydrogen) atoms. The Bertz CT molecular complexity index is 876. The molecule has 0 bridgehead atoms. The number of aromatic amines is 1. The number of hydrogen-bond acceptors (Lipinski definition) is 6. The zero-order valence-corrected chi connectivity index (χ0v) is 13.8. The van der Waals surface area contributed by atoms with Crippen LogP contribution in [-0.4, -0.2) is 60.2 Å². The lowest BCUT2D eigenvalue weighted by atomic mass is 10.2. The van der Waals surface area contributed by atoms with E-state index in [0.717, 1.165) is 40.8 Å². The summed E-state index contributed by atoms with van der Waals surface area (Å²) in [6.45, 7) is 4.74. The van der Waals surface area contributed by atoms with E-state index in [1.807, 2.05) is 6.07 Å². The fourth-order valence-electron chi connectivity index (χ4n) is 2.70. The number of pyridine rings is 2. The van der Waals surface area contributed by atoms with Crippen molar-refractivity contribution in [3.8, 4) is 11.8 Å². The van der Waals surface area contributed by atoms with Crippen LogP contribution in [-0.2, 0) is 0 Å². The molecule has 0 atom stereocenters. The summed E-state index contributed by atoms with van der Waals surface area (Å²) in [6, 6.07) is 5.55. The van der Waals surface area contributed by atoms with Crippen LogP contribution in [0.1, 0.15) is 5.69 Å². The molecule has 3 aromatic rings. The Morgan fingerprint density at radius 1 is 1.29 bits per heavy atom. The lowest BCUT2D eigenvalue weighted by Crippen LogP contribution is -2.40. The van der Waals surface area contributed by atoms with Crippen molar-refractivity contribution in [3.63, 3.8) is 0 Å². The number of fused-ring (bicyclic) bond motifs is 3. The summed E-state index contributed by atoms with van der Waals surface area (Å²) < 4.78 is 5.30. The first-order valence-corrected chi connectivity index (χ1v) is 7.82. The summed E-state index contributed by atoms with van der Waals surface area (Å²) in [6.07, 6.45) is 3.31. The van der Waals surface area contributed by atoms with Crippen LogP contribution in [0, 0.1) is 11.3 Å². The van der Waals surface area contributed by atoms with E-state index in [2.05, 4.69) is 32.2 Å². The highest BCUT2D eigenvalue weighted by Gasteiger charge is 2.11. The second-order valence-electron chi connectivity index (χ2n) is 5.64. The molecule has 0 aliphatic carbocycles. The van der Waals surface area contributed by atoms with Crippen LogP contribution in [0.3, 0.4) is 0 Å². The maximum atomic E-state index is 8.86. The Morgan fingerprint density at radius 2 is 2.08 bits per heavy atom. The topological polar surface area (TPSA) is 89.9 Å². The summed E-state index contributed by atoms with van der Waals surface area (Å²) in [5.41, 5.74) is 1.96. The zero-order chi connectivity index (χ0) is 16.9. The molecule has 1 fully saturated rings. The number of nitrogens with zero attached hydrogens (tertiary/aromatic N) is 4. The Kier molecular flexibility index (Phi) is 4.89. The monoisotopic (exact) mass is 324 g/mol. The maximum absolute atomic E-state index is 8.86. The molecule has 0 aromatic carbocycles. The van der Waals surface area contributed by atoms with E-state index >= 15 is 0 Å². The minimum atomic E-state index is 0.379. The molecule has 7 heteroatoms. The number of aromatic nitrogens is 3. The van der Waals surface area contributed by atoms with E-state index in [1.165, 1.54) is 13.1 Å². The fraction of sp³-hybridized carbons (Fsp3) is 0.353. The van der Waals surface area contributed by atoms with Crippen molar-refractivity contribution in [3.05, 3.63) is 30.2 Å². The molecule has 0 amide bonds. The molecule has 3 aromatic heterocycles. The Morgan fingerprint density at radius 3 is 2.71 bits per heavy atom. The molecular formula is C17H20N6O. The summed E-state index contributed by atoms with van der Waals surface area (Å²) in [5.74, 6) is 0.733. The smallest absolute Gasteiger partial charge is 0.142 e. The van der Waals surface area contributed by atoms with Crippen molar-refractivity contribution in [2.24, 2.45) is 0 Å². The van der Waals surface area contributed by atoms with Crippen molar-refractivity contribution in [2.75, 3.05) is 40.3 Å². The summed E-state index contributed by atoms with van der Waals surface area (Å²) >= 11 is 0. The second-order valence-corrected chi connectivity index (χ2v) is 5.64. The minimum Gasteiger partial charge on any atom is -0.496 e. The van der Waals surface area contributed by atoms with Crippen LogP contribution in [0.25, 0.3) is 21.9 Å². The standard InChI is InChI=1S/C12H8N4O.C5H12N2/c1-17-10-2-3-14-12-11(10)8-4-7(5-13)15-6-9(8)16-12;1-7-4-2-6-3-5-7/h2-4,6H,1H3,(H,14,16);6H,2-5H2,1H3. The van der Waals surface area contributed by atoms with Gasteiger partial charge in [0.2, 0.25) is 0 Å². The first-order chi connectivity index (χ1) is 11.7. The van der Waals surface area contributed by atoms with Crippen molar-refractivity contribution in [1.29, 1.82) is 5.26 Å². The third-order valence-electron chi connectivity index (χ3n) is 4.01. The van der Waals surface area contributed by atoms with Crippen LogP contribution in [0.4, 0.5) is 0 Å². The van der Waals surface area contributed by atoms with Gasteiger partial charge in [-0.05, 0) is 19.2 Å². The quantitative estimate of drug-likeness (QED) is 0.705. The van der Waals surface area contributed by atoms with Gasteiger partial charge in [0.1, 0.15) is 23.2 Å². The SMILES string of the molecule is CN1CCNCC1.COc1ccnc2[nH]c3cnc(C#N)cc3c12. The number of likely N-dealkylation sites (N-methyl/N-ethyl adjacent to an activating group) is 1. The molecule has 1 aliphatic rings. The molecule has 4 heterocycles. The molecule has 4 rings (SSSR count). The first-order valence-electron chi connectivity index (χ1n) is 7.82. The van der Waals surface area contributed by atoms with E-state index in [-0.39, 0.29) is 0 Å². The molecule has 0 saturated carbocycles. The lowest BCUT2D eigenvalue weighted by molar-refractivity contribution is 0.291. The van der Waals surface area contributed by atoms with E-state index in [9.17, 15) is 0 Å². The average molecular weight is 324 g/mol. The highest BCUT2D eigenvalue weighted by molar-refractivity contribution is 6.08. The van der Waals surface area contributed by atoms with Gasteiger partial charge in [-0.15, -0.1) is 0 Å². The number of nitrogens with one attached hydrogen (secondary N) is 2. The molecule has 0 radical (unpaired) electrons. The van der Waals surface area contributed by atoms with Gasteiger partial charge in [-0.3, -0.25) is 0 Å². The van der Waals surface area contributed by atoms with E-state index < -0.39 is 0 Å². The van der Waals surface area contributed by atoms with Gasteiger partial charge < -0.3 is 19.9 Å². The van der Waals surface area contributed by atoms with Crippen LogP contribution in [0.2, 0.25) is 0 Å². The highest BCUT2D eigenvalue weighted by Crippen LogP contribution is 2.31. The number of nitriles is 1. The minimum absolute atomic E-state index is 0.379. The predicted molar refractivity (Wildman–Crippen MR) is 93.0 cm³/mol. The molecule has 1 aliphatic heterocycles. The highest BCUT2D eigenvalue weighted by atomic mass is 16.5. The summed E-state index contributed by atoms with van der Waals surface area (Å²) in [4.78, 5) is 13.7. The van der Waals surface area contributed by atoms with E-state index in [1.54, 1.807) is 31.6 Å². The van der Waals surface area contributed by atoms with E-state index in [0.29, 0.717) is 5.69 Å². The molecule has 0 spiro atoms. The Hall–Kier alpha value is -2.69. The van der Waals surface area contributed by atoms with Gasteiger partial charge in [0.05, 0.1) is 24.2 Å². The van der Waals surface area contributed by atoms with Crippen molar-refractivity contribution >= 4 is 21.9 Å². The van der Waals surface area contributed by atoms with Gasteiger partial charge >= 0.3 is 0 Å². The van der Waals surface area contributed by atoms with Crippen molar-refractivity contribution in [1.82, 2.24) is 25.2 Å². The number of rotatable bonds is 1. The van der Waals surface area contributed by atoms with Crippen LogP contribution in [0.5, 0.6) is 5.75 Å². The number of ether oxygens (including phenoxy) is 1. The number of hydrogen-bond donors (Lipinski definition) is 2. The van der Waals surface area contributed by atoms with Gasteiger partial charge in [0.15, 0.2) is 0 Å². The van der Waals surface area contributed by atoms with Gasteiger partial charge in [-0.2, -0.15) is 5.26 Å². The Labute approximate surface area is 140 Å². The molecule has 0 unspecified atom stereocenters. The van der Waals surface area contributed by atoms with Gasteiger partial charge in [-0.25, -0.2) is 9.97 Å². The fourth-order valence-corrected chi connectivity index (χ4v) is 2.70. The normalized spacial score (nSPS) is 14.9. The number of methoxy groups -OCH3 is 1. The molecule has 7 nitrogen and oxygen atoms in total. The number of H-pyrrole nitrogens is 1. The van der Waals surface area contributed by atoms with E-state index in [4.69, 9.17) is 10.00 Å². The zero-order valence-electron chi connectivity index (χ0n) is 13.8. The largest absolute Gasteiger partial charge is 0.496 e. The molecular weight excluding hydrogens is 304 g/mol. The van der Waals surface area contributed by atoms with Gasteiger partial charge in [0, 0.05) is 37.8 Å². The average Bonchev–Trinajstić information content (AvgIpc) is 3.00. The summed E-state index contributed by atoms with van der Waals surface area (Å²) in [5, 5.41) is 13.9. The molecule has 2 N–H and O–H groups in total. The third kappa shape index (κ3) is 3.30.